The van der Waals surface area contributed by atoms with Crippen molar-refractivity contribution in [3.05, 3.63) is 29.8 Å². The smallest absolute Gasteiger partial charge is 0.0581 e. The van der Waals surface area contributed by atoms with Crippen molar-refractivity contribution < 1.29 is 0 Å². The van der Waals surface area contributed by atoms with Crippen LogP contribution in [0, 0.1) is 0 Å². The second kappa shape index (κ2) is 4.29. The third-order valence-corrected chi connectivity index (χ3v) is 1.83. The van der Waals surface area contributed by atoms with Gasteiger partial charge in [0, 0.05) is 5.69 Å². The van der Waals surface area contributed by atoms with Crippen LogP contribution in [-0.4, -0.2) is 5.88 Å². The van der Waals surface area contributed by atoms with Crippen molar-refractivity contribution in [3.63, 3.8) is 0 Å². The summed E-state index contributed by atoms with van der Waals surface area (Å²) in [4.78, 5) is 0. The normalized spacial score (nSPS) is 9.64. The molecule has 0 aliphatic carbocycles. The third kappa shape index (κ3) is 2.15. The van der Waals surface area contributed by atoms with Crippen LogP contribution in [0.3, 0.4) is 0 Å². The van der Waals surface area contributed by atoms with Crippen LogP contribution in [0.1, 0.15) is 12.5 Å². The summed E-state index contributed by atoms with van der Waals surface area (Å²) in [5, 5.41) is 3.19. The maximum Gasteiger partial charge on any atom is 0.0581 e. The van der Waals surface area contributed by atoms with Crippen molar-refractivity contribution in [1.82, 2.24) is 0 Å². The predicted octanol–water partition coefficient (Wildman–Crippen LogP) is 2.55. The average molecular weight is 167 g/mol. The van der Waals surface area contributed by atoms with E-state index in [9.17, 15) is 0 Å². The van der Waals surface area contributed by atoms with E-state index in [4.69, 9.17) is 0 Å². The van der Waals surface area contributed by atoms with Gasteiger partial charge in [0.25, 0.3) is 0 Å². The Morgan fingerprint density at radius 1 is 1.36 bits per heavy atom. The number of para-hydroxylation sites is 1. The molecule has 0 saturated heterocycles. The molecule has 0 saturated carbocycles. The van der Waals surface area contributed by atoms with E-state index in [0.717, 1.165) is 6.42 Å². The molecule has 1 aromatic rings. The molecule has 0 aromatic heterocycles. The largest absolute Gasteiger partial charge is 0.376 e. The quantitative estimate of drug-likeness (QED) is 0.521. The van der Waals surface area contributed by atoms with Crippen LogP contribution in [0.25, 0.3) is 0 Å². The van der Waals surface area contributed by atoms with E-state index in [0.29, 0.717) is 5.88 Å². The molecule has 0 spiro atoms. The Hall–Kier alpha value is -0.630. The summed E-state index contributed by atoms with van der Waals surface area (Å²) in [5.41, 5.74) is 2.55. The molecule has 0 fully saturated rings. The van der Waals surface area contributed by atoms with Gasteiger partial charge < -0.3 is 5.32 Å². The van der Waals surface area contributed by atoms with Crippen LogP contribution in [-0.2, 0) is 6.42 Å². The standard InChI is InChI=1S/C9H13NS/c1-2-8-5-3-4-6-9(8)10-7-11/h3-6,10-11H,2,7H2,1H3. The third-order valence-electron chi connectivity index (χ3n) is 1.67. The highest BCUT2D eigenvalue weighted by Gasteiger charge is 1.95. The minimum Gasteiger partial charge on any atom is -0.376 e. The Morgan fingerprint density at radius 2 is 2.09 bits per heavy atom. The summed E-state index contributed by atoms with van der Waals surface area (Å²) in [6.45, 7) is 2.15. The van der Waals surface area contributed by atoms with Gasteiger partial charge in [-0.25, -0.2) is 0 Å². The highest BCUT2D eigenvalue weighted by Crippen LogP contribution is 2.14. The lowest BCUT2D eigenvalue weighted by Gasteiger charge is -2.07. The van der Waals surface area contributed by atoms with Crippen molar-refractivity contribution in [2.24, 2.45) is 0 Å². The molecule has 0 heterocycles. The van der Waals surface area contributed by atoms with Crippen molar-refractivity contribution in [2.75, 3.05) is 11.2 Å². The van der Waals surface area contributed by atoms with Gasteiger partial charge in [-0.1, -0.05) is 25.1 Å². The van der Waals surface area contributed by atoms with Crippen LogP contribution in [0.4, 0.5) is 5.69 Å². The van der Waals surface area contributed by atoms with Gasteiger partial charge in [-0.3, -0.25) is 0 Å². The molecule has 0 unspecified atom stereocenters. The first-order chi connectivity index (χ1) is 5.38. The number of benzene rings is 1. The highest BCUT2D eigenvalue weighted by molar-refractivity contribution is 7.80. The average Bonchev–Trinajstić information content (AvgIpc) is 2.06. The van der Waals surface area contributed by atoms with Crippen molar-refractivity contribution in [1.29, 1.82) is 0 Å². The van der Waals surface area contributed by atoms with Gasteiger partial charge in [-0.15, -0.1) is 0 Å². The fraction of sp³-hybridized carbons (Fsp3) is 0.333. The van der Waals surface area contributed by atoms with Gasteiger partial charge >= 0.3 is 0 Å². The summed E-state index contributed by atoms with van der Waals surface area (Å²) in [5.74, 6) is 0.691. The lowest BCUT2D eigenvalue weighted by Crippen LogP contribution is -1.97. The molecule has 11 heavy (non-hydrogen) atoms. The van der Waals surface area contributed by atoms with E-state index in [2.05, 4.69) is 43.1 Å². The van der Waals surface area contributed by atoms with E-state index in [1.165, 1.54) is 11.3 Å². The molecule has 1 aromatic carbocycles. The van der Waals surface area contributed by atoms with Crippen molar-refractivity contribution in [3.8, 4) is 0 Å². The first kappa shape index (κ1) is 8.47. The Balaban J connectivity index is 2.83. The summed E-state index contributed by atoms with van der Waals surface area (Å²) in [6, 6.07) is 8.30. The molecule has 1 rings (SSSR count). The van der Waals surface area contributed by atoms with Crippen molar-refractivity contribution >= 4 is 18.3 Å². The Labute approximate surface area is 73.2 Å². The second-order valence-electron chi connectivity index (χ2n) is 2.35. The summed E-state index contributed by atoms with van der Waals surface area (Å²) in [6.07, 6.45) is 1.07. The molecule has 0 atom stereocenters. The van der Waals surface area contributed by atoms with E-state index in [1.54, 1.807) is 0 Å². The Morgan fingerprint density at radius 3 is 2.73 bits per heavy atom. The fourth-order valence-corrected chi connectivity index (χ4v) is 1.26. The first-order valence-corrected chi connectivity index (χ1v) is 4.44. The van der Waals surface area contributed by atoms with E-state index < -0.39 is 0 Å². The molecule has 2 heteroatoms. The molecule has 60 valence electrons. The number of hydrogen-bond donors (Lipinski definition) is 2. The van der Waals surface area contributed by atoms with Gasteiger partial charge in [-0.05, 0) is 18.1 Å². The number of rotatable bonds is 3. The molecular formula is C9H13NS. The van der Waals surface area contributed by atoms with Gasteiger partial charge in [0.1, 0.15) is 0 Å². The second-order valence-corrected chi connectivity index (χ2v) is 2.66. The lowest BCUT2D eigenvalue weighted by molar-refractivity contribution is 1.14. The summed E-state index contributed by atoms with van der Waals surface area (Å²) >= 11 is 4.11. The number of thiol groups is 1. The molecule has 1 nitrogen and oxygen atoms in total. The highest BCUT2D eigenvalue weighted by atomic mass is 32.1. The summed E-state index contributed by atoms with van der Waals surface area (Å²) in [7, 11) is 0. The van der Waals surface area contributed by atoms with Crippen LogP contribution in [0.5, 0.6) is 0 Å². The monoisotopic (exact) mass is 167 g/mol. The van der Waals surface area contributed by atoms with E-state index in [1.807, 2.05) is 6.07 Å². The van der Waals surface area contributed by atoms with Crippen LogP contribution in [0.15, 0.2) is 24.3 Å². The minimum atomic E-state index is 0.691. The lowest BCUT2D eigenvalue weighted by atomic mass is 10.1. The molecular weight excluding hydrogens is 154 g/mol. The Bertz CT molecular complexity index is 223. The number of aryl methyl sites for hydroxylation is 1. The topological polar surface area (TPSA) is 12.0 Å². The molecule has 1 N–H and O–H groups in total. The summed E-state index contributed by atoms with van der Waals surface area (Å²) < 4.78 is 0. The maximum atomic E-state index is 4.11. The van der Waals surface area contributed by atoms with Gasteiger partial charge in [0.05, 0.1) is 5.88 Å². The zero-order valence-electron chi connectivity index (χ0n) is 6.67. The van der Waals surface area contributed by atoms with E-state index in [-0.39, 0.29) is 0 Å². The van der Waals surface area contributed by atoms with Gasteiger partial charge in [0.2, 0.25) is 0 Å². The van der Waals surface area contributed by atoms with E-state index >= 15 is 0 Å². The molecule has 0 bridgehead atoms. The zero-order chi connectivity index (χ0) is 8.10. The minimum absolute atomic E-state index is 0.691. The van der Waals surface area contributed by atoms with Crippen LogP contribution < -0.4 is 5.32 Å². The van der Waals surface area contributed by atoms with Crippen LogP contribution >= 0.6 is 12.6 Å². The molecule has 0 aliphatic heterocycles. The number of anilines is 1. The molecule has 0 aliphatic rings. The van der Waals surface area contributed by atoms with Crippen LogP contribution in [0.2, 0.25) is 0 Å². The predicted molar refractivity (Wildman–Crippen MR) is 53.3 cm³/mol. The van der Waals surface area contributed by atoms with Gasteiger partial charge in [-0.2, -0.15) is 12.6 Å². The molecule has 0 amide bonds. The zero-order valence-corrected chi connectivity index (χ0v) is 7.57. The fourth-order valence-electron chi connectivity index (χ4n) is 1.09. The van der Waals surface area contributed by atoms with Gasteiger partial charge in [0.15, 0.2) is 0 Å². The maximum absolute atomic E-state index is 4.11. The first-order valence-electron chi connectivity index (χ1n) is 3.81. The SMILES string of the molecule is CCc1ccccc1NCS. The number of nitrogens with one attached hydrogen (secondary N) is 1. The Kier molecular flexibility index (Phi) is 3.30. The number of hydrogen-bond acceptors (Lipinski definition) is 2. The van der Waals surface area contributed by atoms with Crippen molar-refractivity contribution in [2.45, 2.75) is 13.3 Å². The molecule has 0 radical (unpaired) electrons.